The number of likely N-dealkylation sites (N-methyl/N-ethyl adjacent to an activating group) is 1. The number of nitrogen functional groups attached to an aromatic ring is 2. The summed E-state index contributed by atoms with van der Waals surface area (Å²) in [4.78, 5) is 4.14. The number of pyridine rings is 1. The Morgan fingerprint density at radius 3 is 2.50 bits per heavy atom. The summed E-state index contributed by atoms with van der Waals surface area (Å²) < 4.78 is 0.965. The smallest absolute Gasteiger partial charge is 0.149 e. The van der Waals surface area contributed by atoms with Gasteiger partial charge in [0, 0.05) is 19.6 Å². The third-order valence-corrected chi connectivity index (χ3v) is 2.49. The van der Waals surface area contributed by atoms with Gasteiger partial charge in [-0.2, -0.15) is 0 Å². The van der Waals surface area contributed by atoms with Crippen LogP contribution in [0.1, 0.15) is 0 Å². The van der Waals surface area contributed by atoms with Gasteiger partial charge in [0.1, 0.15) is 5.82 Å². The van der Waals surface area contributed by atoms with Gasteiger partial charge in [-0.1, -0.05) is 0 Å². The first-order valence-electron chi connectivity index (χ1n) is 6.14. The van der Waals surface area contributed by atoms with E-state index in [1.54, 1.807) is 12.3 Å². The molecule has 0 radical (unpaired) electrons. The minimum atomic E-state index is 0.583. The van der Waals surface area contributed by atoms with Crippen LogP contribution in [0.4, 0.5) is 17.2 Å². The topological polar surface area (TPSA) is 89.0 Å². The van der Waals surface area contributed by atoms with Gasteiger partial charge in [-0.15, -0.1) is 0 Å². The highest BCUT2D eigenvalue weighted by atomic mass is 15.3. The van der Waals surface area contributed by atoms with Crippen LogP contribution >= 0.6 is 0 Å². The molecule has 102 valence electrons. The first-order valence-corrected chi connectivity index (χ1v) is 6.14. The molecule has 0 spiro atoms. The average molecular weight is 253 g/mol. The fourth-order valence-corrected chi connectivity index (χ4v) is 1.46. The van der Waals surface area contributed by atoms with E-state index in [0.29, 0.717) is 17.2 Å². The zero-order valence-corrected chi connectivity index (χ0v) is 11.5. The van der Waals surface area contributed by atoms with Crippen molar-refractivity contribution in [2.45, 2.75) is 0 Å². The standard InChI is InChI=1S/C12H25N6/c1-18(2,3)7-6-15-4-5-16-12-11(14)8-10(13)9-17-12/h8-9,15H,4-7,13-14H2,1-3H3,(H,16,17)/q+1. The van der Waals surface area contributed by atoms with E-state index in [-0.39, 0.29) is 0 Å². The number of quaternary nitrogens is 1. The normalized spacial score (nSPS) is 11.5. The Morgan fingerprint density at radius 1 is 1.17 bits per heavy atom. The van der Waals surface area contributed by atoms with Crippen molar-refractivity contribution in [1.29, 1.82) is 0 Å². The van der Waals surface area contributed by atoms with Crippen molar-refractivity contribution in [1.82, 2.24) is 10.3 Å². The molecule has 1 rings (SSSR count). The molecule has 6 heteroatoms. The SMILES string of the molecule is C[N+](C)(C)CCNCCNc1ncc(N)cc1N. The summed E-state index contributed by atoms with van der Waals surface area (Å²) in [5.41, 5.74) is 12.5. The largest absolute Gasteiger partial charge is 0.397 e. The molecule has 18 heavy (non-hydrogen) atoms. The third-order valence-electron chi connectivity index (χ3n) is 2.49. The molecular formula is C12H25N6+. The van der Waals surface area contributed by atoms with E-state index < -0.39 is 0 Å². The van der Waals surface area contributed by atoms with Gasteiger partial charge in [0.2, 0.25) is 0 Å². The van der Waals surface area contributed by atoms with E-state index >= 15 is 0 Å². The second-order valence-electron chi connectivity index (χ2n) is 5.40. The molecule has 0 unspecified atom stereocenters. The Kier molecular flexibility index (Phi) is 5.18. The van der Waals surface area contributed by atoms with Gasteiger partial charge in [-0.3, -0.25) is 0 Å². The van der Waals surface area contributed by atoms with Gasteiger partial charge in [-0.05, 0) is 6.07 Å². The van der Waals surface area contributed by atoms with E-state index in [4.69, 9.17) is 11.5 Å². The van der Waals surface area contributed by atoms with Gasteiger partial charge in [-0.25, -0.2) is 4.98 Å². The summed E-state index contributed by atoms with van der Waals surface area (Å²) in [5.74, 6) is 0.692. The number of aromatic nitrogens is 1. The second kappa shape index (κ2) is 6.42. The lowest BCUT2D eigenvalue weighted by Crippen LogP contribution is -2.41. The second-order valence-corrected chi connectivity index (χ2v) is 5.40. The maximum atomic E-state index is 5.79. The van der Waals surface area contributed by atoms with Gasteiger partial charge in [0.15, 0.2) is 0 Å². The average Bonchev–Trinajstić information content (AvgIpc) is 2.24. The van der Waals surface area contributed by atoms with Crippen LogP contribution in [-0.2, 0) is 0 Å². The van der Waals surface area contributed by atoms with Crippen molar-refractivity contribution in [3.05, 3.63) is 12.3 Å². The zero-order valence-electron chi connectivity index (χ0n) is 11.5. The monoisotopic (exact) mass is 253 g/mol. The van der Waals surface area contributed by atoms with Crippen LogP contribution in [0, 0.1) is 0 Å². The summed E-state index contributed by atoms with van der Waals surface area (Å²) in [6, 6.07) is 1.71. The van der Waals surface area contributed by atoms with E-state index in [9.17, 15) is 0 Å². The van der Waals surface area contributed by atoms with Crippen LogP contribution in [0.5, 0.6) is 0 Å². The highest BCUT2D eigenvalue weighted by Gasteiger charge is 2.05. The fraction of sp³-hybridized carbons (Fsp3) is 0.583. The lowest BCUT2D eigenvalue weighted by atomic mass is 10.3. The molecule has 0 aliphatic heterocycles. The van der Waals surface area contributed by atoms with Crippen LogP contribution in [0.2, 0.25) is 0 Å². The molecular weight excluding hydrogens is 228 g/mol. The number of nitrogens with two attached hydrogens (primary N) is 2. The number of hydrogen-bond donors (Lipinski definition) is 4. The van der Waals surface area contributed by atoms with Gasteiger partial charge < -0.3 is 26.6 Å². The van der Waals surface area contributed by atoms with Crippen molar-refractivity contribution in [3.63, 3.8) is 0 Å². The summed E-state index contributed by atoms with van der Waals surface area (Å²) in [7, 11) is 6.54. The van der Waals surface area contributed by atoms with Crippen molar-refractivity contribution >= 4 is 17.2 Å². The van der Waals surface area contributed by atoms with Crippen molar-refractivity contribution in [3.8, 4) is 0 Å². The molecule has 0 aromatic carbocycles. The van der Waals surface area contributed by atoms with Crippen molar-refractivity contribution in [2.75, 3.05) is 64.1 Å². The van der Waals surface area contributed by atoms with E-state index in [1.807, 2.05) is 0 Å². The van der Waals surface area contributed by atoms with E-state index in [0.717, 1.165) is 30.7 Å². The highest BCUT2D eigenvalue weighted by Crippen LogP contribution is 2.16. The highest BCUT2D eigenvalue weighted by molar-refractivity contribution is 5.65. The molecule has 0 fully saturated rings. The Bertz CT molecular complexity index is 371. The summed E-state index contributed by atoms with van der Waals surface area (Å²) in [5, 5.41) is 6.55. The molecule has 0 aliphatic rings. The zero-order chi connectivity index (χ0) is 13.6. The van der Waals surface area contributed by atoms with E-state index in [2.05, 4.69) is 36.8 Å². The number of nitrogens with zero attached hydrogens (tertiary/aromatic N) is 2. The first kappa shape index (κ1) is 14.5. The quantitative estimate of drug-likeness (QED) is 0.404. The molecule has 0 saturated heterocycles. The molecule has 1 aromatic heterocycles. The Morgan fingerprint density at radius 2 is 1.89 bits per heavy atom. The number of hydrogen-bond acceptors (Lipinski definition) is 5. The van der Waals surface area contributed by atoms with Gasteiger partial charge in [0.25, 0.3) is 0 Å². The Hall–Kier alpha value is -1.53. The molecule has 6 N–H and O–H groups in total. The first-order chi connectivity index (χ1) is 8.38. The Labute approximate surface area is 109 Å². The van der Waals surface area contributed by atoms with Crippen LogP contribution < -0.4 is 22.1 Å². The molecule has 0 atom stereocenters. The minimum Gasteiger partial charge on any atom is -0.397 e. The molecule has 6 nitrogen and oxygen atoms in total. The summed E-state index contributed by atoms with van der Waals surface area (Å²) >= 11 is 0. The molecule has 0 amide bonds. The maximum absolute atomic E-state index is 5.79. The van der Waals surface area contributed by atoms with Crippen molar-refractivity contribution < 1.29 is 4.48 Å². The van der Waals surface area contributed by atoms with Crippen molar-refractivity contribution in [2.24, 2.45) is 0 Å². The lowest BCUT2D eigenvalue weighted by Gasteiger charge is -2.23. The van der Waals surface area contributed by atoms with Gasteiger partial charge >= 0.3 is 0 Å². The van der Waals surface area contributed by atoms with Crippen LogP contribution in [0.25, 0.3) is 0 Å². The lowest BCUT2D eigenvalue weighted by molar-refractivity contribution is -0.869. The predicted octanol–water partition coefficient (Wildman–Crippen LogP) is -0.0463. The number of anilines is 3. The number of nitrogens with one attached hydrogen (secondary N) is 2. The fourth-order valence-electron chi connectivity index (χ4n) is 1.46. The predicted molar refractivity (Wildman–Crippen MR) is 77.3 cm³/mol. The number of rotatable bonds is 7. The summed E-state index contributed by atoms with van der Waals surface area (Å²) in [6.07, 6.45) is 1.60. The molecule has 1 aromatic rings. The van der Waals surface area contributed by atoms with Gasteiger partial charge in [0.05, 0.1) is 45.3 Å². The molecule has 0 aliphatic carbocycles. The van der Waals surface area contributed by atoms with Crippen LogP contribution in [0.3, 0.4) is 0 Å². The Balaban J connectivity index is 2.18. The van der Waals surface area contributed by atoms with Crippen LogP contribution in [-0.4, -0.2) is 56.8 Å². The minimum absolute atomic E-state index is 0.583. The van der Waals surface area contributed by atoms with Crippen LogP contribution in [0.15, 0.2) is 12.3 Å². The summed E-state index contributed by atoms with van der Waals surface area (Å²) in [6.45, 7) is 3.77. The van der Waals surface area contributed by atoms with E-state index in [1.165, 1.54) is 0 Å². The maximum Gasteiger partial charge on any atom is 0.149 e. The third kappa shape index (κ3) is 5.70. The molecule has 0 saturated carbocycles. The molecule has 1 heterocycles. The molecule has 0 bridgehead atoms.